The van der Waals surface area contributed by atoms with Crippen molar-refractivity contribution < 1.29 is 4.79 Å². The lowest BCUT2D eigenvalue weighted by atomic mass is 9.96. The second-order valence-electron chi connectivity index (χ2n) is 3.78. The summed E-state index contributed by atoms with van der Waals surface area (Å²) in [5, 5.41) is 1.49. The first-order valence-corrected chi connectivity index (χ1v) is 5.08. The Morgan fingerprint density at radius 1 is 0.875 bits per heavy atom. The van der Waals surface area contributed by atoms with Gasteiger partial charge in [0, 0.05) is 11.1 Å². The number of carbonyl (C=O) groups is 1. The third-order valence-electron chi connectivity index (χ3n) is 2.78. The van der Waals surface area contributed by atoms with E-state index in [1.807, 2.05) is 36.4 Å². The molecule has 2 nitrogen and oxygen atoms in total. The predicted octanol–water partition coefficient (Wildman–Crippen LogP) is 1.54. The quantitative estimate of drug-likeness (QED) is 0.644. The van der Waals surface area contributed by atoms with Gasteiger partial charge < -0.3 is 0 Å². The minimum Gasteiger partial charge on any atom is -0.267 e. The van der Waals surface area contributed by atoms with Crippen molar-refractivity contribution in [3.05, 3.63) is 58.6 Å². The minimum atomic E-state index is -0.181. The Hall–Kier alpha value is -2.22. The topological polar surface area (TPSA) is 29.4 Å². The van der Waals surface area contributed by atoms with Crippen LogP contribution in [-0.2, 0) is 0 Å². The van der Waals surface area contributed by atoms with Crippen LogP contribution in [0.3, 0.4) is 0 Å². The van der Waals surface area contributed by atoms with E-state index < -0.39 is 0 Å². The van der Waals surface area contributed by atoms with Gasteiger partial charge in [-0.05, 0) is 16.8 Å². The third kappa shape index (κ3) is 1.13. The van der Waals surface area contributed by atoms with Gasteiger partial charge >= 0.3 is 0 Å². The molecular formula is C14H9NO. The summed E-state index contributed by atoms with van der Waals surface area (Å²) >= 11 is 0. The highest BCUT2D eigenvalue weighted by Gasteiger charge is 2.17. The number of rotatable bonds is 0. The van der Waals surface area contributed by atoms with Gasteiger partial charge in [-0.15, -0.1) is 0 Å². The maximum Gasteiger partial charge on any atom is 0.278 e. The minimum absolute atomic E-state index is 0.181. The highest BCUT2D eigenvalue weighted by molar-refractivity contribution is 6.03. The number of benzene rings is 2. The Bertz CT molecular complexity index is 701. The van der Waals surface area contributed by atoms with E-state index in [1.54, 1.807) is 6.07 Å². The summed E-state index contributed by atoms with van der Waals surface area (Å²) in [5.41, 5.74) is 2.60. The van der Waals surface area contributed by atoms with E-state index in [9.17, 15) is 4.79 Å². The van der Waals surface area contributed by atoms with Crippen LogP contribution in [-0.4, -0.2) is 5.91 Å². The van der Waals surface area contributed by atoms with Crippen molar-refractivity contribution >= 4 is 12.5 Å². The van der Waals surface area contributed by atoms with E-state index in [1.165, 1.54) is 0 Å². The first-order valence-electron chi connectivity index (χ1n) is 5.08. The monoisotopic (exact) mass is 207 g/mol. The van der Waals surface area contributed by atoms with Crippen LogP contribution in [0.5, 0.6) is 0 Å². The molecule has 0 fully saturated rings. The summed E-state index contributed by atoms with van der Waals surface area (Å²) in [7, 11) is 0. The Morgan fingerprint density at radius 2 is 1.56 bits per heavy atom. The van der Waals surface area contributed by atoms with Crippen molar-refractivity contribution in [2.24, 2.45) is 4.99 Å². The van der Waals surface area contributed by atoms with Gasteiger partial charge in [-0.2, -0.15) is 0 Å². The highest BCUT2D eigenvalue weighted by Crippen LogP contribution is 2.23. The summed E-state index contributed by atoms with van der Waals surface area (Å²) in [5.74, 6) is -0.181. The third-order valence-corrected chi connectivity index (χ3v) is 2.78. The van der Waals surface area contributed by atoms with Crippen LogP contribution in [0, 0.1) is 0 Å². The van der Waals surface area contributed by atoms with E-state index in [0.29, 0.717) is 10.9 Å². The molecule has 1 amide bonds. The molecule has 0 N–H and O–H groups in total. The number of hydrogen-bond acceptors (Lipinski definition) is 1. The molecule has 2 heteroatoms. The lowest BCUT2D eigenvalue weighted by Crippen LogP contribution is -2.30. The van der Waals surface area contributed by atoms with Gasteiger partial charge in [-0.25, -0.2) is 4.99 Å². The molecule has 1 aliphatic heterocycles. The summed E-state index contributed by atoms with van der Waals surface area (Å²) in [6.07, 6.45) is 0. The standard InChI is InChI=1S/C14H9NO/c1-9-5-4-8-11-10-6-2-3-7-12(10)14(16)15-13(9)11/h2-8H,1H2. The number of carbonyl (C=O) groups excluding carboxylic acids is 1. The first kappa shape index (κ1) is 9.04. The van der Waals surface area contributed by atoms with E-state index in [2.05, 4.69) is 11.6 Å². The van der Waals surface area contributed by atoms with E-state index >= 15 is 0 Å². The number of nitrogens with zero attached hydrogens (tertiary/aromatic N) is 1. The molecule has 0 aromatic heterocycles. The molecule has 0 saturated heterocycles. The van der Waals surface area contributed by atoms with Crippen LogP contribution < -0.4 is 10.6 Å². The molecule has 0 bridgehead atoms. The highest BCUT2D eigenvalue weighted by atomic mass is 16.1. The first-order chi connectivity index (χ1) is 7.77. The van der Waals surface area contributed by atoms with Gasteiger partial charge in [-0.3, -0.25) is 4.79 Å². The van der Waals surface area contributed by atoms with Crippen molar-refractivity contribution in [3.63, 3.8) is 0 Å². The van der Waals surface area contributed by atoms with Gasteiger partial charge in [-0.1, -0.05) is 43.0 Å². The maximum absolute atomic E-state index is 11.8. The molecule has 1 heterocycles. The average Bonchev–Trinajstić information content (AvgIpc) is 2.31. The summed E-state index contributed by atoms with van der Waals surface area (Å²) in [6.45, 7) is 3.90. The Morgan fingerprint density at radius 3 is 2.38 bits per heavy atom. The number of para-hydroxylation sites is 1. The molecule has 0 radical (unpaired) electrons. The van der Waals surface area contributed by atoms with Crippen LogP contribution in [0.25, 0.3) is 17.7 Å². The van der Waals surface area contributed by atoms with Crippen molar-refractivity contribution in [3.8, 4) is 11.1 Å². The van der Waals surface area contributed by atoms with Gasteiger partial charge in [0.05, 0.1) is 5.36 Å². The van der Waals surface area contributed by atoms with E-state index in [0.717, 1.165) is 16.3 Å². The fraction of sp³-hybridized carbons (Fsp3) is 0. The molecule has 16 heavy (non-hydrogen) atoms. The molecule has 2 aromatic carbocycles. The van der Waals surface area contributed by atoms with Crippen molar-refractivity contribution in [1.82, 2.24) is 0 Å². The average molecular weight is 207 g/mol. The number of fused-ring (bicyclic) bond motifs is 3. The fourth-order valence-corrected chi connectivity index (χ4v) is 2.01. The van der Waals surface area contributed by atoms with Crippen molar-refractivity contribution in [1.29, 1.82) is 0 Å². The SMILES string of the molecule is C=c1cccc2c1=NC(=O)c1ccccc1-2. The van der Waals surface area contributed by atoms with Gasteiger partial charge in [0.15, 0.2) is 0 Å². The molecule has 2 aromatic rings. The van der Waals surface area contributed by atoms with Crippen molar-refractivity contribution in [2.75, 3.05) is 0 Å². The molecule has 3 rings (SSSR count). The lowest BCUT2D eigenvalue weighted by Gasteiger charge is -2.11. The van der Waals surface area contributed by atoms with Gasteiger partial charge in [0.2, 0.25) is 0 Å². The second-order valence-corrected chi connectivity index (χ2v) is 3.78. The normalized spacial score (nSPS) is 12.6. The Kier molecular flexibility index (Phi) is 1.77. The van der Waals surface area contributed by atoms with Crippen LogP contribution in [0.15, 0.2) is 47.5 Å². The van der Waals surface area contributed by atoms with Crippen LogP contribution in [0.4, 0.5) is 0 Å². The molecule has 0 atom stereocenters. The number of hydrogen-bond donors (Lipinski definition) is 0. The lowest BCUT2D eigenvalue weighted by molar-refractivity contribution is 0.0997. The van der Waals surface area contributed by atoms with Crippen LogP contribution in [0.2, 0.25) is 0 Å². The Labute approximate surface area is 92.6 Å². The molecule has 76 valence electrons. The smallest absolute Gasteiger partial charge is 0.267 e. The molecule has 1 aliphatic rings. The summed E-state index contributed by atoms with van der Waals surface area (Å²) in [6, 6.07) is 13.3. The zero-order chi connectivity index (χ0) is 11.1. The predicted molar refractivity (Wildman–Crippen MR) is 62.5 cm³/mol. The van der Waals surface area contributed by atoms with Crippen molar-refractivity contribution in [2.45, 2.75) is 0 Å². The van der Waals surface area contributed by atoms with Gasteiger partial charge in [0.1, 0.15) is 0 Å². The molecule has 0 spiro atoms. The zero-order valence-corrected chi connectivity index (χ0v) is 8.60. The zero-order valence-electron chi connectivity index (χ0n) is 8.60. The fourth-order valence-electron chi connectivity index (χ4n) is 2.01. The summed E-state index contributed by atoms with van der Waals surface area (Å²) in [4.78, 5) is 15.9. The van der Waals surface area contributed by atoms with Gasteiger partial charge in [0.25, 0.3) is 5.91 Å². The molecule has 0 saturated carbocycles. The molecular weight excluding hydrogens is 198 g/mol. The second kappa shape index (κ2) is 3.14. The largest absolute Gasteiger partial charge is 0.278 e. The molecule has 0 aliphatic carbocycles. The van der Waals surface area contributed by atoms with E-state index in [4.69, 9.17) is 0 Å². The van der Waals surface area contributed by atoms with E-state index in [-0.39, 0.29) is 5.91 Å². The van der Waals surface area contributed by atoms with Crippen LogP contribution in [0.1, 0.15) is 10.4 Å². The Balaban J connectivity index is 2.52. The van der Waals surface area contributed by atoms with Crippen LogP contribution >= 0.6 is 0 Å². The maximum atomic E-state index is 11.8. The molecule has 0 unspecified atom stereocenters. The summed E-state index contributed by atoms with van der Waals surface area (Å²) < 4.78 is 0. The number of amides is 1.